The van der Waals surface area contributed by atoms with Crippen molar-refractivity contribution < 1.29 is 0 Å². The molecule has 0 radical (unpaired) electrons. The third-order valence-electron chi connectivity index (χ3n) is 3.52. The molecule has 3 rings (SSSR count). The zero-order chi connectivity index (χ0) is 13.9. The Bertz CT molecular complexity index is 818. The molecule has 2 heteroatoms. The molecular formula is C18H14N2. The van der Waals surface area contributed by atoms with Crippen LogP contribution in [-0.4, -0.2) is 4.57 Å². The number of allylic oxidation sites excluding steroid dienone is 1. The lowest BCUT2D eigenvalue weighted by atomic mass is 10.0. The minimum absolute atomic E-state index is 1.09. The Morgan fingerprint density at radius 1 is 1.00 bits per heavy atom. The third kappa shape index (κ3) is 1.90. The second kappa shape index (κ2) is 5.07. The van der Waals surface area contributed by atoms with Crippen molar-refractivity contribution in [2.75, 3.05) is 0 Å². The largest absolute Gasteiger partial charge is 0.343 e. The Morgan fingerprint density at radius 3 is 2.45 bits per heavy atom. The summed E-state index contributed by atoms with van der Waals surface area (Å²) in [5.41, 5.74) is 4.56. The first-order chi connectivity index (χ1) is 9.83. The molecule has 0 amide bonds. The van der Waals surface area contributed by atoms with Gasteiger partial charge >= 0.3 is 0 Å². The molecule has 0 N–H and O–H groups in total. The van der Waals surface area contributed by atoms with Crippen LogP contribution in [0.15, 0.2) is 60.7 Å². The van der Waals surface area contributed by atoms with E-state index in [9.17, 15) is 0 Å². The van der Waals surface area contributed by atoms with E-state index in [1.807, 2.05) is 36.4 Å². The summed E-state index contributed by atoms with van der Waals surface area (Å²) in [6, 6.07) is 20.6. The van der Waals surface area contributed by atoms with Crippen LogP contribution in [0.2, 0.25) is 0 Å². The number of nitriles is 1. The molecule has 0 aliphatic carbocycles. The molecule has 1 heterocycles. The number of aromatic nitrogens is 1. The van der Waals surface area contributed by atoms with Crippen LogP contribution in [0.5, 0.6) is 0 Å². The second-order valence-corrected chi connectivity index (χ2v) is 4.67. The topological polar surface area (TPSA) is 28.7 Å². The summed E-state index contributed by atoms with van der Waals surface area (Å²) in [5.74, 6) is 0. The molecule has 3 aromatic rings. The number of hydrogen-bond donors (Lipinski definition) is 0. The molecule has 2 aromatic carbocycles. The number of fused-ring (bicyclic) bond motifs is 1. The van der Waals surface area contributed by atoms with Gasteiger partial charge in [-0.2, -0.15) is 5.26 Å². The lowest BCUT2D eigenvalue weighted by Gasteiger charge is -2.05. The number of benzene rings is 2. The Labute approximate surface area is 118 Å². The molecule has 0 aliphatic heterocycles. The number of para-hydroxylation sites is 1. The molecule has 0 unspecified atom stereocenters. The van der Waals surface area contributed by atoms with E-state index in [0.717, 1.165) is 16.8 Å². The van der Waals surface area contributed by atoms with Crippen LogP contribution in [0.1, 0.15) is 5.56 Å². The fourth-order valence-electron chi connectivity index (χ4n) is 2.66. The Balaban J connectivity index is 2.38. The quantitative estimate of drug-likeness (QED) is 0.627. The summed E-state index contributed by atoms with van der Waals surface area (Å²) in [4.78, 5) is 0. The van der Waals surface area contributed by atoms with Crippen molar-refractivity contribution in [1.82, 2.24) is 4.57 Å². The van der Waals surface area contributed by atoms with E-state index in [2.05, 4.69) is 41.9 Å². The van der Waals surface area contributed by atoms with Crippen LogP contribution in [0, 0.1) is 11.3 Å². The lowest BCUT2D eigenvalue weighted by molar-refractivity contribution is 0.977. The van der Waals surface area contributed by atoms with Gasteiger partial charge in [0.15, 0.2) is 0 Å². The fraction of sp³-hybridized carbons (Fsp3) is 0.0556. The highest BCUT2D eigenvalue weighted by molar-refractivity contribution is 5.97. The number of aryl methyl sites for hydroxylation is 1. The van der Waals surface area contributed by atoms with Gasteiger partial charge in [-0.3, -0.25) is 0 Å². The van der Waals surface area contributed by atoms with Crippen molar-refractivity contribution in [1.29, 1.82) is 5.26 Å². The zero-order valence-corrected chi connectivity index (χ0v) is 11.2. The van der Waals surface area contributed by atoms with E-state index < -0.39 is 0 Å². The van der Waals surface area contributed by atoms with Crippen LogP contribution < -0.4 is 0 Å². The molecule has 0 spiro atoms. The van der Waals surface area contributed by atoms with Gasteiger partial charge < -0.3 is 4.57 Å². The SMILES string of the molecule is Cn1c(-c2ccccc2)c(C=CC#N)c2ccccc21. The summed E-state index contributed by atoms with van der Waals surface area (Å²) in [5, 5.41) is 9.99. The Morgan fingerprint density at radius 2 is 1.70 bits per heavy atom. The zero-order valence-electron chi connectivity index (χ0n) is 11.2. The van der Waals surface area contributed by atoms with Crippen LogP contribution in [-0.2, 0) is 7.05 Å². The molecule has 0 atom stereocenters. The maximum absolute atomic E-state index is 8.82. The highest BCUT2D eigenvalue weighted by Crippen LogP contribution is 2.33. The normalized spacial score (nSPS) is 11.0. The molecule has 1 aromatic heterocycles. The molecule has 0 bridgehead atoms. The average molecular weight is 258 g/mol. The summed E-state index contributed by atoms with van der Waals surface area (Å²) in [6.45, 7) is 0. The van der Waals surface area contributed by atoms with Gasteiger partial charge in [0.25, 0.3) is 0 Å². The average Bonchev–Trinajstić information content (AvgIpc) is 2.79. The second-order valence-electron chi connectivity index (χ2n) is 4.67. The van der Waals surface area contributed by atoms with Gasteiger partial charge in [0.2, 0.25) is 0 Å². The molecular weight excluding hydrogens is 244 g/mol. The van der Waals surface area contributed by atoms with E-state index in [1.54, 1.807) is 0 Å². The standard InChI is InChI=1S/C18H14N2/c1-20-17-12-6-5-10-15(17)16(11-7-13-19)18(20)14-8-3-2-4-9-14/h2-12H,1H3. The predicted molar refractivity (Wildman–Crippen MR) is 83.0 cm³/mol. The van der Waals surface area contributed by atoms with Crippen LogP contribution in [0.25, 0.3) is 28.2 Å². The Hall–Kier alpha value is -2.79. The number of hydrogen-bond acceptors (Lipinski definition) is 1. The van der Waals surface area contributed by atoms with Gasteiger partial charge in [-0.25, -0.2) is 0 Å². The van der Waals surface area contributed by atoms with Gasteiger partial charge in [0.05, 0.1) is 11.8 Å². The maximum Gasteiger partial charge on any atom is 0.0912 e. The molecule has 20 heavy (non-hydrogen) atoms. The maximum atomic E-state index is 8.82. The van der Waals surface area contributed by atoms with Gasteiger partial charge in [0, 0.05) is 29.6 Å². The summed E-state index contributed by atoms with van der Waals surface area (Å²) in [6.07, 6.45) is 3.43. The molecule has 0 saturated heterocycles. The molecule has 0 fully saturated rings. The van der Waals surface area contributed by atoms with Crippen LogP contribution >= 0.6 is 0 Å². The Kier molecular flexibility index (Phi) is 3.10. The van der Waals surface area contributed by atoms with E-state index >= 15 is 0 Å². The van der Waals surface area contributed by atoms with Gasteiger partial charge in [-0.15, -0.1) is 0 Å². The third-order valence-corrected chi connectivity index (χ3v) is 3.52. The molecule has 0 aliphatic rings. The summed E-state index contributed by atoms with van der Waals surface area (Å²) < 4.78 is 2.18. The smallest absolute Gasteiger partial charge is 0.0912 e. The van der Waals surface area contributed by atoms with Crippen molar-refractivity contribution in [2.24, 2.45) is 7.05 Å². The van der Waals surface area contributed by atoms with Crippen LogP contribution in [0.4, 0.5) is 0 Å². The number of rotatable bonds is 2. The summed E-state index contributed by atoms with van der Waals surface area (Å²) >= 11 is 0. The van der Waals surface area contributed by atoms with Gasteiger partial charge in [0.1, 0.15) is 0 Å². The van der Waals surface area contributed by atoms with Gasteiger partial charge in [-0.05, 0) is 17.7 Å². The van der Waals surface area contributed by atoms with Crippen molar-refractivity contribution in [2.45, 2.75) is 0 Å². The first-order valence-corrected chi connectivity index (χ1v) is 6.52. The fourth-order valence-corrected chi connectivity index (χ4v) is 2.66. The molecule has 0 saturated carbocycles. The predicted octanol–water partition coefficient (Wildman–Crippen LogP) is 4.38. The lowest BCUT2D eigenvalue weighted by Crippen LogP contribution is -1.92. The van der Waals surface area contributed by atoms with E-state index in [0.29, 0.717) is 0 Å². The highest BCUT2D eigenvalue weighted by Gasteiger charge is 2.13. The molecule has 96 valence electrons. The van der Waals surface area contributed by atoms with E-state index in [4.69, 9.17) is 5.26 Å². The summed E-state index contributed by atoms with van der Waals surface area (Å²) in [7, 11) is 2.06. The van der Waals surface area contributed by atoms with Crippen molar-refractivity contribution in [3.8, 4) is 17.3 Å². The van der Waals surface area contributed by atoms with Crippen molar-refractivity contribution >= 4 is 17.0 Å². The van der Waals surface area contributed by atoms with Crippen LogP contribution in [0.3, 0.4) is 0 Å². The van der Waals surface area contributed by atoms with Crippen molar-refractivity contribution in [3.63, 3.8) is 0 Å². The minimum Gasteiger partial charge on any atom is -0.343 e. The van der Waals surface area contributed by atoms with Crippen molar-refractivity contribution in [3.05, 3.63) is 66.2 Å². The minimum atomic E-state index is 1.09. The molecule has 2 nitrogen and oxygen atoms in total. The monoisotopic (exact) mass is 258 g/mol. The first kappa shape index (κ1) is 12.3. The van der Waals surface area contributed by atoms with E-state index in [-0.39, 0.29) is 0 Å². The first-order valence-electron chi connectivity index (χ1n) is 6.52. The van der Waals surface area contributed by atoms with E-state index in [1.165, 1.54) is 17.0 Å². The van der Waals surface area contributed by atoms with Gasteiger partial charge in [-0.1, -0.05) is 48.5 Å². The highest BCUT2D eigenvalue weighted by atomic mass is 14.9. The number of nitrogens with zero attached hydrogens (tertiary/aromatic N) is 2.